The molecule has 1 N–H and O–H groups in total. The van der Waals surface area contributed by atoms with Crippen LogP contribution in [-0.4, -0.2) is 87.1 Å². The van der Waals surface area contributed by atoms with Crippen molar-refractivity contribution in [2.24, 2.45) is 17.8 Å². The zero-order valence-corrected chi connectivity index (χ0v) is 23.6. The van der Waals surface area contributed by atoms with Crippen LogP contribution in [0.2, 0.25) is 0 Å². The smallest absolute Gasteiger partial charge is 0.312 e. The average molecular weight is 582 g/mol. The normalized spacial score (nSPS) is 34.6. The Bertz CT molecular complexity index is 907. The number of alkyl halides is 1. The summed E-state index contributed by atoms with van der Waals surface area (Å²) in [5.41, 5.74) is -1.17. The standard InChI is InChI=1S/C28H41BrN2O6/c1-5-13-30(18-11-9-8-10-12-18)26(34)24-28-15-19(29)23(37-28)21(27(35)36-14-6-2)22(28)25(33)31(24)20(16-32)17(4)7-3/h5-6,17-24,32H,1-2,7-16H2,3-4H3/t17-,19?,20-,21+,22-,23+,24?,28?/m0/s1. The molecule has 0 aromatic rings. The Labute approximate surface area is 228 Å². The summed E-state index contributed by atoms with van der Waals surface area (Å²) >= 11 is 3.69. The molecule has 0 aromatic carbocycles. The molecule has 3 aliphatic heterocycles. The van der Waals surface area contributed by atoms with E-state index in [-0.39, 0.29) is 41.8 Å². The first-order chi connectivity index (χ1) is 17.8. The molecule has 3 unspecified atom stereocenters. The number of esters is 1. The highest BCUT2D eigenvalue weighted by Gasteiger charge is 2.77. The van der Waals surface area contributed by atoms with Crippen molar-refractivity contribution in [2.45, 2.75) is 93.5 Å². The van der Waals surface area contributed by atoms with Crippen LogP contribution in [0.1, 0.15) is 58.8 Å². The van der Waals surface area contributed by atoms with Crippen LogP contribution in [0, 0.1) is 17.8 Å². The van der Waals surface area contributed by atoms with Crippen LogP contribution >= 0.6 is 15.9 Å². The van der Waals surface area contributed by atoms with Gasteiger partial charge in [-0.15, -0.1) is 6.58 Å². The number of aliphatic hydroxyl groups is 1. The lowest BCUT2D eigenvalue weighted by molar-refractivity contribution is -0.157. The number of ether oxygens (including phenoxy) is 2. The van der Waals surface area contributed by atoms with E-state index in [1.165, 1.54) is 6.08 Å². The zero-order chi connectivity index (χ0) is 26.9. The number of carbonyl (C=O) groups excluding carboxylic acids is 3. The molecule has 4 rings (SSSR count). The lowest BCUT2D eigenvalue weighted by atomic mass is 9.70. The van der Waals surface area contributed by atoms with Crippen molar-refractivity contribution in [3.63, 3.8) is 0 Å². The van der Waals surface area contributed by atoms with Crippen LogP contribution < -0.4 is 0 Å². The minimum atomic E-state index is -1.17. The van der Waals surface area contributed by atoms with Crippen molar-refractivity contribution in [2.75, 3.05) is 19.8 Å². The number of hydrogen-bond acceptors (Lipinski definition) is 6. The molecule has 0 radical (unpaired) electrons. The van der Waals surface area contributed by atoms with Crippen LogP contribution in [0.4, 0.5) is 0 Å². The zero-order valence-electron chi connectivity index (χ0n) is 22.0. The van der Waals surface area contributed by atoms with E-state index in [4.69, 9.17) is 9.47 Å². The second-order valence-electron chi connectivity index (χ2n) is 11.0. The molecule has 8 nitrogen and oxygen atoms in total. The molecule has 1 aliphatic carbocycles. The van der Waals surface area contributed by atoms with Crippen LogP contribution in [0.3, 0.4) is 0 Å². The molecule has 4 aliphatic rings. The fourth-order valence-electron chi connectivity index (χ4n) is 7.13. The lowest BCUT2D eigenvalue weighted by Crippen LogP contribution is -2.61. The summed E-state index contributed by atoms with van der Waals surface area (Å²) < 4.78 is 12.0. The number of fused-ring (bicyclic) bond motifs is 1. The predicted octanol–water partition coefficient (Wildman–Crippen LogP) is 3.22. The molecule has 3 saturated heterocycles. The molecular formula is C28H41BrN2O6. The summed E-state index contributed by atoms with van der Waals surface area (Å²) in [5, 5.41) is 10.5. The Hall–Kier alpha value is -1.71. The molecule has 2 amide bonds. The Morgan fingerprint density at radius 3 is 2.59 bits per heavy atom. The number of likely N-dealkylation sites (tertiary alicyclic amines) is 1. The van der Waals surface area contributed by atoms with E-state index in [2.05, 4.69) is 29.1 Å². The van der Waals surface area contributed by atoms with E-state index in [0.717, 1.165) is 38.5 Å². The third-order valence-corrected chi connectivity index (χ3v) is 9.89. The number of hydrogen-bond donors (Lipinski definition) is 1. The van der Waals surface area contributed by atoms with E-state index < -0.39 is 41.6 Å². The molecule has 0 aromatic heterocycles. The van der Waals surface area contributed by atoms with Gasteiger partial charge < -0.3 is 24.4 Å². The fraction of sp³-hybridized carbons (Fsp3) is 0.750. The first kappa shape index (κ1) is 28.3. The third kappa shape index (κ3) is 4.69. The van der Waals surface area contributed by atoms with Crippen LogP contribution in [0.15, 0.2) is 25.3 Å². The number of carbonyl (C=O) groups is 3. The Kier molecular flexibility index (Phi) is 8.86. The topological polar surface area (TPSA) is 96.4 Å². The summed E-state index contributed by atoms with van der Waals surface area (Å²) in [4.78, 5) is 45.3. The average Bonchev–Trinajstić information content (AvgIpc) is 3.50. The molecule has 1 saturated carbocycles. The largest absolute Gasteiger partial charge is 0.461 e. The van der Waals surface area contributed by atoms with Gasteiger partial charge in [-0.25, -0.2) is 0 Å². The van der Waals surface area contributed by atoms with Gasteiger partial charge in [-0.1, -0.05) is 74.2 Å². The van der Waals surface area contributed by atoms with Crippen LogP contribution in [-0.2, 0) is 23.9 Å². The second kappa shape index (κ2) is 11.6. The number of rotatable bonds is 11. The van der Waals surface area contributed by atoms with Gasteiger partial charge in [0.05, 0.1) is 30.6 Å². The number of halogens is 1. The molecule has 4 fully saturated rings. The lowest BCUT2D eigenvalue weighted by Gasteiger charge is -2.43. The quantitative estimate of drug-likeness (QED) is 0.229. The molecule has 8 atom stereocenters. The highest BCUT2D eigenvalue weighted by atomic mass is 79.9. The number of nitrogens with zero attached hydrogens (tertiary/aromatic N) is 2. The van der Waals surface area contributed by atoms with Gasteiger partial charge in [0.25, 0.3) is 0 Å². The maximum absolute atomic E-state index is 14.6. The molecule has 37 heavy (non-hydrogen) atoms. The van der Waals surface area contributed by atoms with Gasteiger partial charge in [-0.05, 0) is 25.2 Å². The van der Waals surface area contributed by atoms with E-state index in [0.29, 0.717) is 13.0 Å². The molecule has 2 bridgehead atoms. The SMILES string of the molecule is C=CCOC(=O)[C@H]1[C@@H]2OC3(CC2Br)C(C(=O)N(CC=C)C2CCCCC2)N([C@@H](CO)[C@@H](C)CC)C(=O)[C@H]13. The second-order valence-corrected chi connectivity index (χ2v) is 12.2. The molecule has 1 spiro atoms. The van der Waals surface area contributed by atoms with Gasteiger partial charge in [0, 0.05) is 17.4 Å². The van der Waals surface area contributed by atoms with Gasteiger partial charge in [0.2, 0.25) is 11.8 Å². The van der Waals surface area contributed by atoms with Crippen molar-refractivity contribution in [1.82, 2.24) is 9.80 Å². The summed E-state index contributed by atoms with van der Waals surface area (Å²) in [6, 6.07) is -1.43. The van der Waals surface area contributed by atoms with Crippen LogP contribution in [0.5, 0.6) is 0 Å². The summed E-state index contributed by atoms with van der Waals surface area (Å²) in [6.07, 6.45) is 8.88. The monoisotopic (exact) mass is 580 g/mol. The van der Waals surface area contributed by atoms with E-state index in [9.17, 15) is 19.5 Å². The Morgan fingerprint density at radius 1 is 1.30 bits per heavy atom. The molecule has 9 heteroatoms. The van der Waals surface area contributed by atoms with Crippen LogP contribution in [0.25, 0.3) is 0 Å². The van der Waals surface area contributed by atoms with Crippen molar-refractivity contribution >= 4 is 33.7 Å². The molecule has 206 valence electrons. The number of aliphatic hydroxyl groups excluding tert-OH is 1. The molecule has 3 heterocycles. The summed E-state index contributed by atoms with van der Waals surface area (Å²) in [7, 11) is 0. The predicted molar refractivity (Wildman–Crippen MR) is 143 cm³/mol. The first-order valence-electron chi connectivity index (χ1n) is 13.7. The highest BCUT2D eigenvalue weighted by Crippen LogP contribution is 2.61. The van der Waals surface area contributed by atoms with E-state index in [1.807, 2.05) is 18.7 Å². The maximum Gasteiger partial charge on any atom is 0.312 e. The highest BCUT2D eigenvalue weighted by molar-refractivity contribution is 9.09. The summed E-state index contributed by atoms with van der Waals surface area (Å²) in [5.74, 6) is -2.71. The van der Waals surface area contributed by atoms with Crippen molar-refractivity contribution in [3.8, 4) is 0 Å². The Balaban J connectivity index is 1.80. The minimum absolute atomic E-state index is 0.0376. The van der Waals surface area contributed by atoms with Crippen molar-refractivity contribution < 1.29 is 29.0 Å². The fourth-order valence-corrected chi connectivity index (χ4v) is 8.08. The van der Waals surface area contributed by atoms with Gasteiger partial charge in [0.1, 0.15) is 18.2 Å². The summed E-state index contributed by atoms with van der Waals surface area (Å²) in [6.45, 7) is 11.6. The van der Waals surface area contributed by atoms with Gasteiger partial charge in [0.15, 0.2) is 0 Å². The van der Waals surface area contributed by atoms with E-state index in [1.54, 1.807) is 11.0 Å². The van der Waals surface area contributed by atoms with Gasteiger partial charge in [-0.3, -0.25) is 14.4 Å². The van der Waals surface area contributed by atoms with Gasteiger partial charge >= 0.3 is 5.97 Å². The Morgan fingerprint density at radius 2 is 2.00 bits per heavy atom. The first-order valence-corrected chi connectivity index (χ1v) is 14.6. The molecular weight excluding hydrogens is 540 g/mol. The minimum Gasteiger partial charge on any atom is -0.461 e. The van der Waals surface area contributed by atoms with Gasteiger partial charge in [-0.2, -0.15) is 0 Å². The third-order valence-electron chi connectivity index (χ3n) is 9.05. The van der Waals surface area contributed by atoms with Crippen molar-refractivity contribution in [1.29, 1.82) is 0 Å². The number of amides is 2. The van der Waals surface area contributed by atoms with E-state index >= 15 is 0 Å². The van der Waals surface area contributed by atoms with Crippen molar-refractivity contribution in [3.05, 3.63) is 25.3 Å². The maximum atomic E-state index is 14.6.